The van der Waals surface area contributed by atoms with E-state index in [0.29, 0.717) is 0 Å². The van der Waals surface area contributed by atoms with Crippen LogP contribution in [0.2, 0.25) is 0 Å². The van der Waals surface area contributed by atoms with Gasteiger partial charge in [-0.15, -0.1) is 0 Å². The lowest BCUT2D eigenvalue weighted by Crippen LogP contribution is -2.42. The fourth-order valence-electron chi connectivity index (χ4n) is 3.90. The maximum absolute atomic E-state index is 12.7. The number of anilines is 1. The predicted molar refractivity (Wildman–Crippen MR) is 105 cm³/mol. The number of nitrogens with one attached hydrogen (secondary N) is 1. The quantitative estimate of drug-likeness (QED) is 0.688. The maximum atomic E-state index is 12.7. The molecule has 3 aromatic rings. The molecule has 4 heterocycles. The first-order valence-electron chi connectivity index (χ1n) is 9.53. The van der Waals surface area contributed by atoms with Crippen molar-refractivity contribution in [3.05, 3.63) is 59.7 Å². The number of amides is 1. The summed E-state index contributed by atoms with van der Waals surface area (Å²) in [6.07, 6.45) is 11.6. The minimum Gasteiger partial charge on any atom is -0.349 e. The molecule has 140 valence electrons. The molecule has 2 aliphatic heterocycles. The van der Waals surface area contributed by atoms with Gasteiger partial charge in [-0.3, -0.25) is 4.79 Å². The first-order valence-corrected chi connectivity index (χ1v) is 9.53. The number of nitrogens with zero attached hydrogens (tertiary/aromatic N) is 5. The summed E-state index contributed by atoms with van der Waals surface area (Å²) >= 11 is 0. The van der Waals surface area contributed by atoms with Crippen molar-refractivity contribution < 1.29 is 9.04 Å². The maximum Gasteiger partial charge on any atom is 0.289 e. The van der Waals surface area contributed by atoms with Crippen molar-refractivity contribution in [3.63, 3.8) is 0 Å². The van der Waals surface area contributed by atoms with Crippen LogP contribution in [0.3, 0.4) is 0 Å². The smallest absolute Gasteiger partial charge is 0.289 e. The number of hydrogen-bond acceptors (Lipinski definition) is 5. The Labute approximate surface area is 162 Å². The minimum atomic E-state index is -0.227. The third-order valence-corrected chi connectivity index (χ3v) is 5.31. The fourth-order valence-corrected chi connectivity index (χ4v) is 3.90. The summed E-state index contributed by atoms with van der Waals surface area (Å²) in [5.74, 6) is 0.965. The van der Waals surface area contributed by atoms with Gasteiger partial charge in [-0.1, -0.05) is 11.6 Å². The number of carbonyl (C=O) groups is 1. The lowest BCUT2D eigenvalue weighted by molar-refractivity contribution is -0.521. The van der Waals surface area contributed by atoms with E-state index in [1.165, 1.54) is 0 Å². The molecule has 7 nitrogen and oxygen atoms in total. The normalized spacial score (nSPS) is 17.9. The third kappa shape index (κ3) is 2.98. The number of aryl methyl sites for hydroxylation is 1. The van der Waals surface area contributed by atoms with Crippen molar-refractivity contribution in [2.24, 2.45) is 0 Å². The number of rotatable bonds is 3. The molecule has 2 aliphatic rings. The Bertz CT molecular complexity index is 1210. The van der Waals surface area contributed by atoms with E-state index in [1.807, 2.05) is 37.5 Å². The van der Waals surface area contributed by atoms with E-state index in [-0.39, 0.29) is 17.8 Å². The highest BCUT2D eigenvalue weighted by atomic mass is 16.2. The molecule has 0 saturated carbocycles. The molecule has 0 bridgehead atoms. The molecule has 1 fully saturated rings. The van der Waals surface area contributed by atoms with Crippen LogP contribution in [-0.2, 0) is 0 Å². The Morgan fingerprint density at radius 3 is 3.18 bits per heavy atom. The van der Waals surface area contributed by atoms with E-state index in [1.54, 1.807) is 6.20 Å². The summed E-state index contributed by atoms with van der Waals surface area (Å²) in [6.45, 7) is 3.62. The van der Waals surface area contributed by atoms with Crippen LogP contribution < -0.4 is 19.8 Å². The van der Waals surface area contributed by atoms with Gasteiger partial charge in [0.1, 0.15) is 0 Å². The molecule has 28 heavy (non-hydrogen) atoms. The molecule has 0 unspecified atom stereocenters. The highest BCUT2D eigenvalue weighted by molar-refractivity contribution is 5.93. The van der Waals surface area contributed by atoms with E-state index < -0.39 is 0 Å². The third-order valence-electron chi connectivity index (χ3n) is 5.31. The van der Waals surface area contributed by atoms with Gasteiger partial charge < -0.3 is 10.2 Å². The molecule has 1 amide bonds. The van der Waals surface area contributed by atoms with Gasteiger partial charge in [-0.25, -0.2) is 15.0 Å². The van der Waals surface area contributed by atoms with Crippen LogP contribution in [0.25, 0.3) is 17.0 Å². The lowest BCUT2D eigenvalue weighted by atomic mass is 10.2. The Morgan fingerprint density at radius 2 is 2.25 bits per heavy atom. The molecule has 1 aromatic carbocycles. The zero-order valence-corrected chi connectivity index (χ0v) is 15.7. The predicted octanol–water partition coefficient (Wildman–Crippen LogP) is 0.824. The molecule has 0 radical (unpaired) electrons. The average molecular weight is 373 g/mol. The summed E-state index contributed by atoms with van der Waals surface area (Å²) in [7, 11) is 0. The van der Waals surface area contributed by atoms with Crippen LogP contribution >= 0.6 is 0 Å². The number of benzene rings is 1. The van der Waals surface area contributed by atoms with Crippen molar-refractivity contribution in [2.75, 3.05) is 18.0 Å². The van der Waals surface area contributed by atoms with Gasteiger partial charge in [-0.2, -0.15) is 4.24 Å². The van der Waals surface area contributed by atoms with E-state index in [2.05, 4.69) is 41.7 Å². The molecule has 2 aromatic heterocycles. The van der Waals surface area contributed by atoms with Gasteiger partial charge in [0.05, 0.1) is 18.1 Å². The molecular formula is C21H21N6O+. The lowest BCUT2D eigenvalue weighted by Gasteiger charge is -2.16. The van der Waals surface area contributed by atoms with E-state index in [4.69, 9.17) is 0 Å². The molecular weight excluding hydrogens is 352 g/mol. The summed E-state index contributed by atoms with van der Waals surface area (Å²) < 4.78 is 2.11. The average Bonchev–Trinajstić information content (AvgIpc) is 3.36. The Kier molecular flexibility index (Phi) is 4.00. The summed E-state index contributed by atoms with van der Waals surface area (Å²) in [4.78, 5) is 28.1. The zero-order chi connectivity index (χ0) is 19.1. The van der Waals surface area contributed by atoms with E-state index in [9.17, 15) is 4.79 Å². The second-order valence-electron chi connectivity index (χ2n) is 7.33. The number of hydrogen-bond donors (Lipinski definition) is 1. The number of carbonyl (C=O) groups excluding carboxylic acids is 1. The first-order chi connectivity index (χ1) is 13.7. The van der Waals surface area contributed by atoms with Crippen molar-refractivity contribution >= 4 is 28.7 Å². The first kappa shape index (κ1) is 16.8. The van der Waals surface area contributed by atoms with Crippen molar-refractivity contribution in [1.82, 2.24) is 20.3 Å². The van der Waals surface area contributed by atoms with Crippen LogP contribution in [0, 0.1) is 13.1 Å². The monoisotopic (exact) mass is 373 g/mol. The Balaban J connectivity index is 1.31. The van der Waals surface area contributed by atoms with Crippen molar-refractivity contribution in [1.29, 1.82) is 0 Å². The highest BCUT2D eigenvalue weighted by Crippen LogP contribution is 2.16. The van der Waals surface area contributed by atoms with Crippen LogP contribution in [0.15, 0.2) is 36.8 Å². The van der Waals surface area contributed by atoms with Gasteiger partial charge in [-0.05, 0) is 25.5 Å². The highest BCUT2D eigenvalue weighted by Gasteiger charge is 2.28. The topological polar surface area (TPSA) is 76.9 Å². The number of fused-ring (bicyclic) bond motifs is 2. The SMILES string of the molecule is Cc1ccc2nc(C(=O)N[C@H]3CCN(c4ncc[n+]5c4=CCC=5)C3)ncc2c1. The summed E-state index contributed by atoms with van der Waals surface area (Å²) in [6, 6.07) is 5.98. The molecule has 7 heteroatoms. The molecule has 0 aliphatic carbocycles. The Morgan fingerprint density at radius 1 is 1.32 bits per heavy atom. The molecule has 1 atom stereocenters. The van der Waals surface area contributed by atoms with Crippen molar-refractivity contribution in [2.45, 2.75) is 25.8 Å². The van der Waals surface area contributed by atoms with Gasteiger partial charge >= 0.3 is 0 Å². The van der Waals surface area contributed by atoms with Gasteiger partial charge in [0, 0.05) is 36.8 Å². The molecule has 5 rings (SSSR count). The minimum absolute atomic E-state index is 0.0536. The van der Waals surface area contributed by atoms with E-state index in [0.717, 1.165) is 53.6 Å². The number of aromatic nitrogens is 4. The second-order valence-corrected chi connectivity index (χ2v) is 7.33. The zero-order valence-electron chi connectivity index (χ0n) is 15.7. The van der Waals surface area contributed by atoms with Crippen LogP contribution in [0.5, 0.6) is 0 Å². The second kappa shape index (κ2) is 6.67. The van der Waals surface area contributed by atoms with Crippen LogP contribution in [0.4, 0.5) is 5.82 Å². The van der Waals surface area contributed by atoms with Gasteiger partial charge in [0.15, 0.2) is 12.4 Å². The summed E-state index contributed by atoms with van der Waals surface area (Å²) in [5, 5.41) is 5.15. The van der Waals surface area contributed by atoms with Crippen LogP contribution in [0.1, 0.15) is 29.0 Å². The summed E-state index contributed by atoms with van der Waals surface area (Å²) in [5.41, 5.74) is 1.93. The molecule has 1 saturated heterocycles. The Hall–Kier alpha value is -3.35. The fraction of sp³-hybridized carbons (Fsp3) is 0.286. The van der Waals surface area contributed by atoms with E-state index >= 15 is 0 Å². The van der Waals surface area contributed by atoms with Crippen LogP contribution in [-0.4, -0.2) is 40.0 Å². The van der Waals surface area contributed by atoms with Gasteiger partial charge in [0.25, 0.3) is 5.91 Å². The van der Waals surface area contributed by atoms with Gasteiger partial charge in [0.2, 0.25) is 17.0 Å². The van der Waals surface area contributed by atoms with Crippen molar-refractivity contribution in [3.8, 4) is 0 Å². The molecule has 0 spiro atoms. The molecule has 1 N–H and O–H groups in total. The largest absolute Gasteiger partial charge is 0.349 e. The standard InChI is InChI=1S/C21H20N6O/c1-14-4-5-17-15(11-14)12-23-19(25-17)21(28)24-16-6-9-27(13-16)20-18-3-2-8-26(18)10-7-22-20/h3-5,7-8,10-12,16H,2,6,9,13H2,1H3/p+1/t16-/m0/s1.